The van der Waals surface area contributed by atoms with Crippen LogP contribution in [0.25, 0.3) is 0 Å². The number of imidazole rings is 1. The molecule has 0 saturated heterocycles. The molecule has 0 fully saturated rings. The molecule has 0 aliphatic carbocycles. The van der Waals surface area contributed by atoms with Crippen molar-refractivity contribution in [1.82, 2.24) is 9.55 Å². The van der Waals surface area contributed by atoms with Gasteiger partial charge in [0.15, 0.2) is 0 Å². The number of benzene rings is 1. The molecule has 96 valence electrons. The minimum atomic E-state index is -0.203. The predicted molar refractivity (Wildman–Crippen MR) is 71.7 cm³/mol. The Morgan fingerprint density at radius 1 is 1.33 bits per heavy atom. The first-order valence-corrected chi connectivity index (χ1v) is 6.17. The first-order chi connectivity index (χ1) is 8.60. The Balaban J connectivity index is 2.24. The van der Waals surface area contributed by atoms with Crippen LogP contribution in [0.3, 0.4) is 0 Å². The smallest absolute Gasteiger partial charge is 0.207 e. The molecule has 1 aromatic carbocycles. The van der Waals surface area contributed by atoms with Gasteiger partial charge >= 0.3 is 0 Å². The van der Waals surface area contributed by atoms with E-state index in [1.165, 1.54) is 6.07 Å². The van der Waals surface area contributed by atoms with Gasteiger partial charge in [0, 0.05) is 18.4 Å². The molecule has 1 N–H and O–H groups in total. The van der Waals surface area contributed by atoms with Gasteiger partial charge in [0.2, 0.25) is 5.95 Å². The molecule has 0 atom stereocenters. The van der Waals surface area contributed by atoms with Gasteiger partial charge in [-0.25, -0.2) is 9.37 Å². The lowest BCUT2D eigenvalue weighted by atomic mass is 10.2. The molecule has 4 heteroatoms. The maximum atomic E-state index is 13.5. The lowest BCUT2D eigenvalue weighted by molar-refractivity contribution is 0.619. The fourth-order valence-corrected chi connectivity index (χ4v) is 1.86. The first kappa shape index (κ1) is 12.6. The summed E-state index contributed by atoms with van der Waals surface area (Å²) in [6, 6.07) is 5.12. The summed E-state index contributed by atoms with van der Waals surface area (Å²) in [5.74, 6) is 0.558. The van der Waals surface area contributed by atoms with Crippen molar-refractivity contribution in [1.29, 1.82) is 0 Å². The third kappa shape index (κ3) is 2.70. The van der Waals surface area contributed by atoms with Crippen LogP contribution in [0.4, 0.5) is 16.0 Å². The van der Waals surface area contributed by atoms with Crippen molar-refractivity contribution in [2.24, 2.45) is 0 Å². The lowest BCUT2D eigenvalue weighted by Crippen LogP contribution is -2.03. The van der Waals surface area contributed by atoms with Gasteiger partial charge < -0.3 is 9.88 Å². The SMILES string of the molecule is CCCn1cc(C)nc1Nc1ccc(C)c(F)c1. The zero-order valence-corrected chi connectivity index (χ0v) is 11.0. The number of hydrogen-bond acceptors (Lipinski definition) is 2. The van der Waals surface area contributed by atoms with Crippen molar-refractivity contribution >= 4 is 11.6 Å². The third-order valence-corrected chi connectivity index (χ3v) is 2.79. The molecule has 0 bridgehead atoms. The van der Waals surface area contributed by atoms with Crippen molar-refractivity contribution in [2.45, 2.75) is 33.7 Å². The predicted octanol–water partition coefficient (Wildman–Crippen LogP) is 3.79. The summed E-state index contributed by atoms with van der Waals surface area (Å²) in [6.07, 6.45) is 3.03. The fraction of sp³-hybridized carbons (Fsp3) is 0.357. The quantitative estimate of drug-likeness (QED) is 0.890. The van der Waals surface area contributed by atoms with Crippen LogP contribution in [-0.2, 0) is 6.54 Å². The van der Waals surface area contributed by atoms with E-state index in [0.717, 1.165) is 30.3 Å². The molecule has 2 rings (SSSR count). The molecule has 1 aromatic heterocycles. The highest BCUT2D eigenvalue weighted by Gasteiger charge is 2.06. The molecule has 0 aliphatic rings. The number of aromatic nitrogens is 2. The molecular weight excluding hydrogens is 229 g/mol. The second-order valence-corrected chi connectivity index (χ2v) is 4.49. The number of nitrogens with one attached hydrogen (secondary N) is 1. The number of rotatable bonds is 4. The minimum Gasteiger partial charge on any atom is -0.326 e. The number of nitrogens with zero attached hydrogens (tertiary/aromatic N) is 2. The highest BCUT2D eigenvalue weighted by Crippen LogP contribution is 2.19. The van der Waals surface area contributed by atoms with E-state index in [0.29, 0.717) is 5.56 Å². The molecule has 0 unspecified atom stereocenters. The zero-order chi connectivity index (χ0) is 13.1. The van der Waals surface area contributed by atoms with E-state index in [2.05, 4.69) is 17.2 Å². The molecular formula is C14H18FN3. The topological polar surface area (TPSA) is 29.9 Å². The fourth-order valence-electron chi connectivity index (χ4n) is 1.86. The highest BCUT2D eigenvalue weighted by molar-refractivity contribution is 5.54. The van der Waals surface area contributed by atoms with Crippen LogP contribution in [0.2, 0.25) is 0 Å². The maximum absolute atomic E-state index is 13.5. The van der Waals surface area contributed by atoms with Crippen LogP contribution in [0.1, 0.15) is 24.6 Å². The average Bonchev–Trinajstić information content (AvgIpc) is 2.65. The van der Waals surface area contributed by atoms with Crippen LogP contribution < -0.4 is 5.32 Å². The monoisotopic (exact) mass is 247 g/mol. The van der Waals surface area contributed by atoms with Gasteiger partial charge in [-0.15, -0.1) is 0 Å². The molecule has 0 saturated carbocycles. The number of aryl methyl sites for hydroxylation is 3. The number of anilines is 2. The van der Waals surface area contributed by atoms with Crippen molar-refractivity contribution in [3.63, 3.8) is 0 Å². The van der Waals surface area contributed by atoms with Gasteiger partial charge in [-0.05, 0) is 38.0 Å². The van der Waals surface area contributed by atoms with E-state index in [9.17, 15) is 4.39 Å². The molecule has 2 aromatic rings. The van der Waals surface area contributed by atoms with Crippen LogP contribution in [0, 0.1) is 19.7 Å². The largest absolute Gasteiger partial charge is 0.326 e. The zero-order valence-electron chi connectivity index (χ0n) is 11.0. The normalized spacial score (nSPS) is 10.7. The maximum Gasteiger partial charge on any atom is 0.207 e. The van der Waals surface area contributed by atoms with E-state index < -0.39 is 0 Å². The minimum absolute atomic E-state index is 0.203. The van der Waals surface area contributed by atoms with E-state index in [-0.39, 0.29) is 5.82 Å². The van der Waals surface area contributed by atoms with Crippen LogP contribution in [-0.4, -0.2) is 9.55 Å². The summed E-state index contributed by atoms with van der Waals surface area (Å²) in [6.45, 7) is 6.72. The molecule has 0 radical (unpaired) electrons. The summed E-state index contributed by atoms with van der Waals surface area (Å²) >= 11 is 0. The van der Waals surface area contributed by atoms with Crippen LogP contribution >= 0.6 is 0 Å². The molecule has 1 heterocycles. The number of hydrogen-bond donors (Lipinski definition) is 1. The standard InChI is InChI=1S/C14H18FN3/c1-4-7-18-9-11(3)16-14(18)17-12-6-5-10(2)13(15)8-12/h5-6,8-9H,4,7H2,1-3H3,(H,16,17). The van der Waals surface area contributed by atoms with E-state index in [4.69, 9.17) is 0 Å². The molecule has 0 aliphatic heterocycles. The summed E-state index contributed by atoms with van der Waals surface area (Å²) in [7, 11) is 0. The van der Waals surface area contributed by atoms with Crippen LogP contribution in [0.15, 0.2) is 24.4 Å². The van der Waals surface area contributed by atoms with Crippen molar-refractivity contribution in [3.05, 3.63) is 41.5 Å². The molecule has 18 heavy (non-hydrogen) atoms. The molecule has 0 spiro atoms. The Morgan fingerprint density at radius 3 is 2.78 bits per heavy atom. The Labute approximate surface area is 107 Å². The Bertz CT molecular complexity index is 546. The van der Waals surface area contributed by atoms with Gasteiger partial charge in [0.05, 0.1) is 5.69 Å². The Morgan fingerprint density at radius 2 is 2.11 bits per heavy atom. The summed E-state index contributed by atoms with van der Waals surface area (Å²) < 4.78 is 15.5. The van der Waals surface area contributed by atoms with Crippen molar-refractivity contribution in [2.75, 3.05) is 5.32 Å². The Kier molecular flexibility index (Phi) is 3.65. The molecule has 3 nitrogen and oxygen atoms in total. The van der Waals surface area contributed by atoms with Gasteiger partial charge in [-0.1, -0.05) is 13.0 Å². The van der Waals surface area contributed by atoms with Gasteiger partial charge in [-0.3, -0.25) is 0 Å². The highest BCUT2D eigenvalue weighted by atomic mass is 19.1. The number of halogens is 1. The van der Waals surface area contributed by atoms with Crippen molar-refractivity contribution < 1.29 is 4.39 Å². The van der Waals surface area contributed by atoms with Gasteiger partial charge in [-0.2, -0.15) is 0 Å². The van der Waals surface area contributed by atoms with Gasteiger partial charge in [0.1, 0.15) is 5.82 Å². The van der Waals surface area contributed by atoms with Crippen molar-refractivity contribution in [3.8, 4) is 0 Å². The van der Waals surface area contributed by atoms with E-state index >= 15 is 0 Å². The second-order valence-electron chi connectivity index (χ2n) is 4.49. The summed E-state index contributed by atoms with van der Waals surface area (Å²) in [5.41, 5.74) is 2.33. The van der Waals surface area contributed by atoms with Gasteiger partial charge in [0.25, 0.3) is 0 Å². The summed E-state index contributed by atoms with van der Waals surface area (Å²) in [4.78, 5) is 4.41. The lowest BCUT2D eigenvalue weighted by Gasteiger charge is -2.09. The van der Waals surface area contributed by atoms with Crippen LogP contribution in [0.5, 0.6) is 0 Å². The van der Waals surface area contributed by atoms with E-state index in [1.54, 1.807) is 13.0 Å². The average molecular weight is 247 g/mol. The van der Waals surface area contributed by atoms with E-state index in [1.807, 2.05) is 23.8 Å². The Hall–Kier alpha value is -1.84. The third-order valence-electron chi connectivity index (χ3n) is 2.79. The molecule has 0 amide bonds. The first-order valence-electron chi connectivity index (χ1n) is 6.17. The second kappa shape index (κ2) is 5.21. The summed E-state index contributed by atoms with van der Waals surface area (Å²) in [5, 5.41) is 3.16.